The number of halogens is 1. The van der Waals surface area contributed by atoms with Gasteiger partial charge in [-0.05, 0) is 12.1 Å². The molecule has 3 rings (SSSR count). The van der Waals surface area contributed by atoms with Crippen LogP contribution >= 0.6 is 11.6 Å². The zero-order valence-corrected chi connectivity index (χ0v) is 11.5. The first kappa shape index (κ1) is 12.7. The van der Waals surface area contributed by atoms with Crippen LogP contribution in [0.5, 0.6) is 0 Å². The quantitative estimate of drug-likeness (QED) is 0.548. The third-order valence-corrected chi connectivity index (χ3v) is 3.54. The zero-order valence-electron chi connectivity index (χ0n) is 10.7. The maximum Gasteiger partial charge on any atom is 0.155 e. The highest BCUT2D eigenvalue weighted by molar-refractivity contribution is 6.31. The van der Waals surface area contributed by atoms with E-state index in [9.17, 15) is 4.79 Å². The van der Waals surface area contributed by atoms with Gasteiger partial charge in [-0.15, -0.1) is 0 Å². The Labute approximate surface area is 120 Å². The molecule has 0 aliphatic carbocycles. The molecule has 3 aromatic rings. The zero-order chi connectivity index (χ0) is 14.1. The van der Waals surface area contributed by atoms with Crippen molar-refractivity contribution in [3.63, 3.8) is 0 Å². The number of nitrogens with zero attached hydrogens (tertiary/aromatic N) is 4. The van der Waals surface area contributed by atoms with Gasteiger partial charge in [0, 0.05) is 13.5 Å². The SMILES string of the molecule is Cn1c(Cc2ncnc(Cl)c2C=O)nc2ccccc21. The van der Waals surface area contributed by atoms with Gasteiger partial charge in [0.05, 0.1) is 22.3 Å². The fourth-order valence-electron chi connectivity index (χ4n) is 2.17. The number of imidazole rings is 1. The lowest BCUT2D eigenvalue weighted by molar-refractivity contribution is 0.112. The Kier molecular flexibility index (Phi) is 3.20. The summed E-state index contributed by atoms with van der Waals surface area (Å²) in [6.07, 6.45) is 2.47. The summed E-state index contributed by atoms with van der Waals surface area (Å²) in [7, 11) is 1.94. The molecule has 2 aromatic heterocycles. The third kappa shape index (κ3) is 2.06. The minimum absolute atomic E-state index is 0.170. The van der Waals surface area contributed by atoms with Crippen LogP contribution in [0.2, 0.25) is 5.15 Å². The van der Waals surface area contributed by atoms with Gasteiger partial charge in [-0.25, -0.2) is 15.0 Å². The molecule has 0 spiro atoms. The van der Waals surface area contributed by atoms with Crippen LogP contribution in [0.25, 0.3) is 11.0 Å². The predicted octanol–water partition coefficient (Wildman–Crippen LogP) is 2.42. The Balaban J connectivity index is 2.08. The number of benzene rings is 1. The van der Waals surface area contributed by atoms with Crippen LogP contribution in [0, 0.1) is 0 Å². The summed E-state index contributed by atoms with van der Waals surface area (Å²) in [5, 5.41) is 0.170. The number of carbonyl (C=O) groups excluding carboxylic acids is 1. The summed E-state index contributed by atoms with van der Waals surface area (Å²) in [5.74, 6) is 0.823. The van der Waals surface area contributed by atoms with Gasteiger partial charge in [0.1, 0.15) is 17.3 Å². The van der Waals surface area contributed by atoms with Crippen LogP contribution in [0.15, 0.2) is 30.6 Å². The van der Waals surface area contributed by atoms with Crippen LogP contribution < -0.4 is 0 Å². The molecule has 0 aliphatic rings. The topological polar surface area (TPSA) is 60.7 Å². The molecular formula is C14H11ClN4O. The van der Waals surface area contributed by atoms with Crippen LogP contribution in [-0.4, -0.2) is 25.8 Å². The number of fused-ring (bicyclic) bond motifs is 1. The van der Waals surface area contributed by atoms with E-state index in [1.807, 2.05) is 35.9 Å². The van der Waals surface area contributed by atoms with E-state index in [2.05, 4.69) is 15.0 Å². The second-order valence-corrected chi connectivity index (χ2v) is 4.75. The fourth-order valence-corrected chi connectivity index (χ4v) is 2.37. The van der Waals surface area contributed by atoms with E-state index in [0.29, 0.717) is 24.0 Å². The number of para-hydroxylation sites is 2. The van der Waals surface area contributed by atoms with Gasteiger partial charge in [-0.3, -0.25) is 4.79 Å². The van der Waals surface area contributed by atoms with E-state index in [4.69, 9.17) is 11.6 Å². The molecule has 0 radical (unpaired) electrons. The highest BCUT2D eigenvalue weighted by Gasteiger charge is 2.13. The summed E-state index contributed by atoms with van der Waals surface area (Å²) < 4.78 is 1.99. The molecule has 0 saturated heterocycles. The normalized spacial score (nSPS) is 10.9. The molecule has 0 amide bonds. The molecule has 20 heavy (non-hydrogen) atoms. The lowest BCUT2D eigenvalue weighted by Gasteiger charge is -2.05. The summed E-state index contributed by atoms with van der Waals surface area (Å²) in [6, 6.07) is 7.86. The van der Waals surface area contributed by atoms with Crippen molar-refractivity contribution >= 4 is 28.9 Å². The lowest BCUT2D eigenvalue weighted by Crippen LogP contribution is -2.05. The average Bonchev–Trinajstić information content (AvgIpc) is 2.76. The van der Waals surface area contributed by atoms with Crippen molar-refractivity contribution in [3.05, 3.63) is 52.8 Å². The first-order valence-electron chi connectivity index (χ1n) is 6.05. The highest BCUT2D eigenvalue weighted by atomic mass is 35.5. The average molecular weight is 287 g/mol. The monoisotopic (exact) mass is 286 g/mol. The predicted molar refractivity (Wildman–Crippen MR) is 75.9 cm³/mol. The molecule has 0 fully saturated rings. The van der Waals surface area contributed by atoms with Crippen LogP contribution in [0.3, 0.4) is 0 Å². The van der Waals surface area contributed by atoms with Crippen LogP contribution in [0.4, 0.5) is 0 Å². The third-order valence-electron chi connectivity index (χ3n) is 3.24. The fraction of sp³-hybridized carbons (Fsp3) is 0.143. The molecule has 0 saturated carbocycles. The Bertz CT molecular complexity index is 797. The second kappa shape index (κ2) is 5.02. The van der Waals surface area contributed by atoms with Gasteiger partial charge in [0.2, 0.25) is 0 Å². The summed E-state index contributed by atoms with van der Waals surface area (Å²) >= 11 is 5.90. The van der Waals surface area contributed by atoms with Crippen LogP contribution in [-0.2, 0) is 13.5 Å². The standard InChI is InChI=1S/C14H11ClN4O/c1-19-12-5-3-2-4-10(12)18-13(19)6-11-9(7-20)14(15)17-8-16-11/h2-5,7-8H,6H2,1H3. The number of hydrogen-bond donors (Lipinski definition) is 0. The molecule has 0 unspecified atom stereocenters. The first-order chi connectivity index (χ1) is 9.70. The van der Waals surface area contributed by atoms with Crippen molar-refractivity contribution in [1.82, 2.24) is 19.5 Å². The second-order valence-electron chi connectivity index (χ2n) is 4.40. The van der Waals surface area contributed by atoms with Crippen molar-refractivity contribution in [3.8, 4) is 0 Å². The van der Waals surface area contributed by atoms with E-state index in [0.717, 1.165) is 16.9 Å². The Morgan fingerprint density at radius 1 is 1.30 bits per heavy atom. The summed E-state index contributed by atoms with van der Waals surface area (Å²) in [6.45, 7) is 0. The minimum atomic E-state index is 0.170. The number of aldehydes is 1. The minimum Gasteiger partial charge on any atom is -0.331 e. The Morgan fingerprint density at radius 3 is 2.85 bits per heavy atom. The van der Waals surface area contributed by atoms with Crippen molar-refractivity contribution in [2.45, 2.75) is 6.42 Å². The Hall–Kier alpha value is -2.27. The van der Waals surface area contributed by atoms with Gasteiger partial charge in [0.15, 0.2) is 6.29 Å². The molecule has 0 bridgehead atoms. The van der Waals surface area contributed by atoms with Crippen molar-refractivity contribution in [1.29, 1.82) is 0 Å². The molecule has 6 heteroatoms. The van der Waals surface area contributed by atoms with Gasteiger partial charge >= 0.3 is 0 Å². The first-order valence-corrected chi connectivity index (χ1v) is 6.43. The van der Waals surface area contributed by atoms with E-state index in [1.54, 1.807) is 0 Å². The highest BCUT2D eigenvalue weighted by Crippen LogP contribution is 2.19. The molecular weight excluding hydrogens is 276 g/mol. The summed E-state index contributed by atoms with van der Waals surface area (Å²) in [5.41, 5.74) is 2.85. The Morgan fingerprint density at radius 2 is 2.10 bits per heavy atom. The number of hydrogen-bond acceptors (Lipinski definition) is 4. The van der Waals surface area contributed by atoms with Gasteiger partial charge in [-0.2, -0.15) is 0 Å². The van der Waals surface area contributed by atoms with Crippen molar-refractivity contribution in [2.75, 3.05) is 0 Å². The van der Waals surface area contributed by atoms with E-state index < -0.39 is 0 Å². The smallest absolute Gasteiger partial charge is 0.155 e. The van der Waals surface area contributed by atoms with Crippen LogP contribution in [0.1, 0.15) is 21.9 Å². The molecule has 5 nitrogen and oxygen atoms in total. The molecule has 0 atom stereocenters. The van der Waals surface area contributed by atoms with Crippen molar-refractivity contribution in [2.24, 2.45) is 7.05 Å². The van der Waals surface area contributed by atoms with E-state index >= 15 is 0 Å². The van der Waals surface area contributed by atoms with E-state index in [-0.39, 0.29) is 5.15 Å². The molecule has 2 heterocycles. The van der Waals surface area contributed by atoms with Crippen molar-refractivity contribution < 1.29 is 4.79 Å². The maximum atomic E-state index is 11.1. The maximum absolute atomic E-state index is 11.1. The molecule has 0 N–H and O–H groups in total. The van der Waals surface area contributed by atoms with E-state index in [1.165, 1.54) is 6.33 Å². The number of carbonyl (C=O) groups is 1. The molecule has 1 aromatic carbocycles. The largest absolute Gasteiger partial charge is 0.331 e. The number of rotatable bonds is 3. The molecule has 0 aliphatic heterocycles. The lowest BCUT2D eigenvalue weighted by atomic mass is 10.2. The summed E-state index contributed by atoms with van der Waals surface area (Å²) in [4.78, 5) is 23.6. The molecule has 100 valence electrons. The van der Waals surface area contributed by atoms with Gasteiger partial charge in [-0.1, -0.05) is 23.7 Å². The van der Waals surface area contributed by atoms with Gasteiger partial charge in [0.25, 0.3) is 0 Å². The van der Waals surface area contributed by atoms with Gasteiger partial charge < -0.3 is 4.57 Å². The number of aromatic nitrogens is 4. The number of aryl methyl sites for hydroxylation is 1.